The lowest BCUT2D eigenvalue weighted by Crippen LogP contribution is -2.36. The van der Waals surface area contributed by atoms with Gasteiger partial charge in [0.2, 0.25) is 0 Å². The second kappa shape index (κ2) is 22.0. The summed E-state index contributed by atoms with van der Waals surface area (Å²) in [5.74, 6) is 2.62. The first-order chi connectivity index (χ1) is 25.0. The standard InChI is InChI=1S/C43H73NO8/c1-32(2)11-8-12-34(4)39-18-19-40-35(13-9-20-43(39,40)7)15-16-36-29-37(17-14-33(36)3)51-41(45)44-21-10-22-46-23-24-47-25-26-48-27-28-49-30-38-31-50-42(5,6)52-38/h15-16,32,34,37-40H,3,8-14,17-31H2,1-2,4-7H3,(H,44,45)/b35-15+,36-16-/t34-,37+,38?,39-,40?,43-/m1/s1. The molecule has 0 radical (unpaired) electrons. The number of allylic oxidation sites excluding steroid dienone is 4. The van der Waals surface area contributed by atoms with Gasteiger partial charge in [0, 0.05) is 19.6 Å². The second-order valence-electron chi connectivity index (χ2n) is 16.8. The maximum absolute atomic E-state index is 12.6. The van der Waals surface area contributed by atoms with E-state index >= 15 is 0 Å². The van der Waals surface area contributed by atoms with Gasteiger partial charge in [-0.1, -0.05) is 76.8 Å². The zero-order chi connectivity index (χ0) is 37.4. The molecule has 2 unspecified atom stereocenters. The number of alkyl carbamates (subject to hydrolysis) is 1. The van der Waals surface area contributed by atoms with Gasteiger partial charge in [-0.2, -0.15) is 0 Å². The summed E-state index contributed by atoms with van der Waals surface area (Å²) in [6.45, 7) is 23.2. The van der Waals surface area contributed by atoms with Gasteiger partial charge in [-0.05, 0) is 99.9 Å². The van der Waals surface area contributed by atoms with Gasteiger partial charge in [-0.15, -0.1) is 0 Å². The number of amides is 1. The molecule has 1 amide bonds. The molecule has 0 aromatic rings. The minimum atomic E-state index is -0.521. The number of nitrogens with one attached hydrogen (secondary N) is 1. The summed E-state index contributed by atoms with van der Waals surface area (Å²) < 4.78 is 39.4. The molecule has 4 fully saturated rings. The number of carbonyl (C=O) groups is 1. The Bertz CT molecular complexity index is 1150. The Morgan fingerprint density at radius 3 is 2.31 bits per heavy atom. The minimum Gasteiger partial charge on any atom is -0.446 e. The van der Waals surface area contributed by atoms with Crippen LogP contribution in [0.4, 0.5) is 4.79 Å². The Labute approximate surface area is 315 Å². The van der Waals surface area contributed by atoms with Gasteiger partial charge in [-0.3, -0.25) is 0 Å². The lowest BCUT2D eigenvalue weighted by Gasteiger charge is -2.44. The van der Waals surface area contributed by atoms with Crippen molar-refractivity contribution in [2.24, 2.45) is 29.1 Å². The van der Waals surface area contributed by atoms with E-state index < -0.39 is 5.79 Å². The van der Waals surface area contributed by atoms with Crippen molar-refractivity contribution < 1.29 is 38.0 Å². The third-order valence-electron chi connectivity index (χ3n) is 11.8. The van der Waals surface area contributed by atoms with Crippen molar-refractivity contribution in [3.63, 3.8) is 0 Å². The fourth-order valence-corrected chi connectivity index (χ4v) is 9.02. The van der Waals surface area contributed by atoms with Gasteiger partial charge < -0.3 is 38.5 Å². The average molecular weight is 732 g/mol. The molecule has 0 spiro atoms. The van der Waals surface area contributed by atoms with Crippen molar-refractivity contribution in [1.29, 1.82) is 0 Å². The van der Waals surface area contributed by atoms with Crippen LogP contribution in [0.5, 0.6) is 0 Å². The Morgan fingerprint density at radius 1 is 0.904 bits per heavy atom. The monoisotopic (exact) mass is 732 g/mol. The molecule has 0 aromatic heterocycles. The molecule has 298 valence electrons. The fourth-order valence-electron chi connectivity index (χ4n) is 9.02. The SMILES string of the molecule is C=C1CC[C@H](OC(=O)NCCCOCCOCCOCCOCC2COC(C)(C)O2)C/C1=C/C=C1\CCC[C@@]2(C)C1CC[C@@H]2[C@H](C)CCCC(C)C. The van der Waals surface area contributed by atoms with Crippen LogP contribution < -0.4 is 5.32 Å². The molecule has 1 N–H and O–H groups in total. The first-order valence-electron chi connectivity index (χ1n) is 20.6. The topological polar surface area (TPSA) is 93.7 Å². The van der Waals surface area contributed by atoms with E-state index in [2.05, 4.69) is 51.7 Å². The molecule has 4 aliphatic rings. The van der Waals surface area contributed by atoms with Crippen LogP contribution in [-0.4, -0.2) is 90.1 Å². The Balaban J connectivity index is 1.03. The predicted octanol–water partition coefficient (Wildman–Crippen LogP) is 8.96. The van der Waals surface area contributed by atoms with Gasteiger partial charge in [0.05, 0.1) is 52.9 Å². The van der Waals surface area contributed by atoms with E-state index in [9.17, 15) is 4.79 Å². The summed E-state index contributed by atoms with van der Waals surface area (Å²) in [4.78, 5) is 12.6. The average Bonchev–Trinajstić information content (AvgIpc) is 3.64. The maximum atomic E-state index is 12.6. The third-order valence-corrected chi connectivity index (χ3v) is 11.8. The van der Waals surface area contributed by atoms with Crippen molar-refractivity contribution in [3.8, 4) is 0 Å². The summed E-state index contributed by atoms with van der Waals surface area (Å²) in [5, 5.41) is 2.89. The smallest absolute Gasteiger partial charge is 0.407 e. The minimum absolute atomic E-state index is 0.0214. The number of ether oxygens (including phenoxy) is 7. The second-order valence-corrected chi connectivity index (χ2v) is 16.8. The molecular weight excluding hydrogens is 658 g/mol. The van der Waals surface area contributed by atoms with Crippen molar-refractivity contribution in [2.45, 2.75) is 137 Å². The summed E-state index contributed by atoms with van der Waals surface area (Å²) >= 11 is 0. The van der Waals surface area contributed by atoms with Gasteiger partial charge in [0.1, 0.15) is 12.2 Å². The lowest BCUT2D eigenvalue weighted by molar-refractivity contribution is -0.145. The van der Waals surface area contributed by atoms with Crippen molar-refractivity contribution in [2.75, 3.05) is 66.0 Å². The van der Waals surface area contributed by atoms with Crippen LogP contribution in [0, 0.1) is 29.1 Å². The van der Waals surface area contributed by atoms with E-state index in [4.69, 9.17) is 33.2 Å². The van der Waals surface area contributed by atoms with E-state index in [1.807, 2.05) is 13.8 Å². The van der Waals surface area contributed by atoms with Crippen LogP contribution in [0.2, 0.25) is 0 Å². The number of fused-ring (bicyclic) bond motifs is 1. The zero-order valence-corrected chi connectivity index (χ0v) is 33.6. The number of carbonyl (C=O) groups excluding carboxylic acids is 1. The quantitative estimate of drug-likeness (QED) is 0.110. The third kappa shape index (κ3) is 14.2. The highest BCUT2D eigenvalue weighted by Crippen LogP contribution is 2.60. The largest absolute Gasteiger partial charge is 0.446 e. The Kier molecular flexibility index (Phi) is 18.2. The molecule has 0 aromatic carbocycles. The normalized spacial score (nSPS) is 29.6. The summed E-state index contributed by atoms with van der Waals surface area (Å²) in [7, 11) is 0. The summed E-state index contributed by atoms with van der Waals surface area (Å²) in [6, 6.07) is 0. The number of rotatable bonds is 22. The maximum Gasteiger partial charge on any atom is 0.407 e. The van der Waals surface area contributed by atoms with Crippen LogP contribution in [0.15, 0.2) is 35.5 Å². The molecule has 1 aliphatic heterocycles. The molecule has 52 heavy (non-hydrogen) atoms. The highest BCUT2D eigenvalue weighted by Gasteiger charge is 2.50. The molecule has 4 rings (SSSR count). The Hall–Kier alpha value is -1.75. The van der Waals surface area contributed by atoms with Gasteiger partial charge >= 0.3 is 6.09 Å². The molecule has 0 bridgehead atoms. The van der Waals surface area contributed by atoms with E-state index in [0.717, 1.165) is 37.0 Å². The van der Waals surface area contributed by atoms with Crippen LogP contribution in [-0.2, 0) is 33.2 Å². The fraction of sp³-hybridized carbons (Fsp3) is 0.837. The van der Waals surface area contributed by atoms with Crippen molar-refractivity contribution >= 4 is 6.09 Å². The van der Waals surface area contributed by atoms with E-state index in [0.29, 0.717) is 83.8 Å². The zero-order valence-electron chi connectivity index (χ0n) is 33.6. The lowest BCUT2D eigenvalue weighted by atomic mass is 9.60. The van der Waals surface area contributed by atoms with Gasteiger partial charge in [0.15, 0.2) is 5.79 Å². The van der Waals surface area contributed by atoms with Crippen LogP contribution in [0.1, 0.15) is 119 Å². The predicted molar refractivity (Wildman–Crippen MR) is 206 cm³/mol. The van der Waals surface area contributed by atoms with E-state index in [-0.39, 0.29) is 18.3 Å². The molecule has 9 heteroatoms. The molecule has 3 saturated carbocycles. The highest BCUT2D eigenvalue weighted by atomic mass is 16.7. The highest BCUT2D eigenvalue weighted by molar-refractivity contribution is 5.67. The number of hydrogen-bond donors (Lipinski definition) is 1. The Morgan fingerprint density at radius 2 is 1.62 bits per heavy atom. The summed E-state index contributed by atoms with van der Waals surface area (Å²) in [5.41, 5.74) is 4.49. The van der Waals surface area contributed by atoms with Crippen LogP contribution >= 0.6 is 0 Å². The first kappa shape index (κ1) is 43.0. The summed E-state index contributed by atoms with van der Waals surface area (Å²) in [6.07, 6.45) is 18.0. The molecule has 1 saturated heterocycles. The number of hydrogen-bond acceptors (Lipinski definition) is 8. The van der Waals surface area contributed by atoms with Gasteiger partial charge in [0.25, 0.3) is 0 Å². The molecule has 3 aliphatic carbocycles. The molecular formula is C43H73NO8. The van der Waals surface area contributed by atoms with E-state index in [1.165, 1.54) is 62.5 Å². The molecule has 9 nitrogen and oxygen atoms in total. The van der Waals surface area contributed by atoms with Crippen molar-refractivity contribution in [1.82, 2.24) is 5.32 Å². The molecule has 6 atom stereocenters. The molecule has 1 heterocycles. The van der Waals surface area contributed by atoms with Crippen molar-refractivity contribution in [3.05, 3.63) is 35.5 Å². The van der Waals surface area contributed by atoms with E-state index in [1.54, 1.807) is 5.57 Å². The van der Waals surface area contributed by atoms with Crippen LogP contribution in [0.3, 0.4) is 0 Å². The first-order valence-corrected chi connectivity index (χ1v) is 20.6. The van der Waals surface area contributed by atoms with Crippen LogP contribution in [0.25, 0.3) is 0 Å². The van der Waals surface area contributed by atoms with Gasteiger partial charge in [-0.25, -0.2) is 4.79 Å².